The SMILES string of the molecule is CC(C)N1C([AsH2])=NC=CC1N1CCN(C)CC1. The van der Waals surface area contributed by atoms with Crippen LogP contribution in [-0.4, -0.2) is 81.6 Å². The topological polar surface area (TPSA) is 22.1 Å². The van der Waals surface area contributed by atoms with Crippen LogP contribution in [-0.2, 0) is 0 Å². The summed E-state index contributed by atoms with van der Waals surface area (Å²) in [6.45, 7) is 9.12. The first-order valence-corrected chi connectivity index (χ1v) is 7.51. The molecule has 2 rings (SSSR count). The summed E-state index contributed by atoms with van der Waals surface area (Å²) in [5.74, 6) is 0. The molecule has 5 heteroatoms. The summed E-state index contributed by atoms with van der Waals surface area (Å²) in [5, 5.41) is 0. The molecular weight excluding hydrogens is 275 g/mol. The summed E-state index contributed by atoms with van der Waals surface area (Å²) in [7, 11) is 2.20. The van der Waals surface area contributed by atoms with E-state index in [1.54, 1.807) is 16.9 Å². The first-order valence-electron chi connectivity index (χ1n) is 6.30. The van der Waals surface area contributed by atoms with Gasteiger partial charge in [-0.3, -0.25) is 0 Å². The number of nitrogens with zero attached hydrogens (tertiary/aromatic N) is 4. The van der Waals surface area contributed by atoms with Crippen molar-refractivity contribution in [2.45, 2.75) is 26.1 Å². The summed E-state index contributed by atoms with van der Waals surface area (Å²) in [6, 6.07) is 0.509. The average molecular weight is 298 g/mol. The zero-order chi connectivity index (χ0) is 12.4. The molecule has 0 N–H and O–H groups in total. The van der Waals surface area contributed by atoms with Crippen LogP contribution >= 0.6 is 0 Å². The summed E-state index contributed by atoms with van der Waals surface area (Å²) >= 11 is 1.62. The second-order valence-corrected chi connectivity index (χ2v) is 6.17. The molecule has 0 aromatic heterocycles. The second kappa shape index (κ2) is 5.55. The van der Waals surface area contributed by atoms with E-state index in [2.05, 4.69) is 46.7 Å². The quantitative estimate of drug-likeness (QED) is 0.659. The molecule has 4 nitrogen and oxygen atoms in total. The Balaban J connectivity index is 2.08. The van der Waals surface area contributed by atoms with Gasteiger partial charge in [0.1, 0.15) is 0 Å². The molecule has 0 aliphatic carbocycles. The van der Waals surface area contributed by atoms with E-state index in [4.69, 9.17) is 0 Å². The van der Waals surface area contributed by atoms with Crippen LogP contribution in [0.3, 0.4) is 0 Å². The summed E-state index contributed by atoms with van der Waals surface area (Å²) in [5.41, 5.74) is 0. The third-order valence-electron chi connectivity index (χ3n) is 3.48. The minimum atomic E-state index is 0.406. The van der Waals surface area contributed by atoms with E-state index in [-0.39, 0.29) is 0 Å². The molecule has 2 unspecified atom stereocenters. The molecule has 0 aromatic carbocycles. The monoisotopic (exact) mass is 298 g/mol. The number of aliphatic imine (C=N–C) groups is 1. The van der Waals surface area contributed by atoms with Crippen molar-refractivity contribution in [3.8, 4) is 0 Å². The molecule has 1 fully saturated rings. The molecule has 2 aliphatic heterocycles. The normalized spacial score (nSPS) is 27.7. The van der Waals surface area contributed by atoms with Crippen molar-refractivity contribution in [1.29, 1.82) is 0 Å². The van der Waals surface area contributed by atoms with Crippen molar-refractivity contribution in [2.24, 2.45) is 4.99 Å². The van der Waals surface area contributed by atoms with Crippen molar-refractivity contribution >= 4 is 21.5 Å². The van der Waals surface area contributed by atoms with Gasteiger partial charge in [-0.2, -0.15) is 0 Å². The van der Waals surface area contributed by atoms with Gasteiger partial charge in [0.05, 0.1) is 0 Å². The predicted molar refractivity (Wildman–Crippen MR) is 75.0 cm³/mol. The maximum absolute atomic E-state index is 4.45. The standard InChI is InChI=1S/C12H23AsN4/c1-10(2)17-11(4-5-14-12(17)13)16-8-6-15(3)7-9-16/h4-5,10-11H,6-9,13H2,1-3H3. The van der Waals surface area contributed by atoms with Gasteiger partial charge in [-0.25, -0.2) is 0 Å². The van der Waals surface area contributed by atoms with Crippen molar-refractivity contribution < 1.29 is 0 Å². The van der Waals surface area contributed by atoms with E-state index in [0.717, 1.165) is 26.2 Å². The van der Waals surface area contributed by atoms with Crippen LogP contribution < -0.4 is 0 Å². The van der Waals surface area contributed by atoms with Gasteiger partial charge in [0, 0.05) is 0 Å². The fourth-order valence-corrected chi connectivity index (χ4v) is 3.57. The van der Waals surface area contributed by atoms with E-state index >= 15 is 0 Å². The van der Waals surface area contributed by atoms with Crippen LogP contribution in [0.4, 0.5) is 0 Å². The van der Waals surface area contributed by atoms with Crippen molar-refractivity contribution in [3.05, 3.63) is 12.3 Å². The molecule has 0 saturated carbocycles. The fraction of sp³-hybridized carbons (Fsp3) is 0.750. The van der Waals surface area contributed by atoms with Crippen LogP contribution in [0, 0.1) is 0 Å². The molecule has 0 bridgehead atoms. The molecule has 17 heavy (non-hydrogen) atoms. The Morgan fingerprint density at radius 1 is 1.29 bits per heavy atom. The van der Waals surface area contributed by atoms with Crippen LogP contribution in [0.25, 0.3) is 0 Å². The van der Waals surface area contributed by atoms with Crippen LogP contribution in [0.1, 0.15) is 13.8 Å². The van der Waals surface area contributed by atoms with Gasteiger partial charge in [0.25, 0.3) is 0 Å². The van der Waals surface area contributed by atoms with E-state index in [1.807, 2.05) is 6.20 Å². The predicted octanol–water partition coefficient (Wildman–Crippen LogP) is -0.213. The van der Waals surface area contributed by atoms with Crippen LogP contribution in [0.5, 0.6) is 0 Å². The molecule has 2 aliphatic rings. The minimum absolute atomic E-state index is 0.406. The number of piperazine rings is 1. The Labute approximate surface area is 113 Å². The third kappa shape index (κ3) is 2.93. The number of likely N-dealkylation sites (N-methyl/N-ethyl adjacent to an activating group) is 1. The van der Waals surface area contributed by atoms with Gasteiger partial charge in [0.15, 0.2) is 0 Å². The van der Waals surface area contributed by atoms with Gasteiger partial charge in [-0.05, 0) is 0 Å². The van der Waals surface area contributed by atoms with E-state index in [0.29, 0.717) is 12.2 Å². The molecule has 2 atom stereocenters. The second-order valence-electron chi connectivity index (χ2n) is 5.08. The Morgan fingerprint density at radius 3 is 2.53 bits per heavy atom. The molecule has 1 saturated heterocycles. The molecule has 0 radical (unpaired) electrons. The average Bonchev–Trinajstić information content (AvgIpc) is 2.29. The first kappa shape index (κ1) is 13.1. The number of amidine groups is 1. The van der Waals surface area contributed by atoms with E-state index < -0.39 is 0 Å². The van der Waals surface area contributed by atoms with Gasteiger partial charge < -0.3 is 0 Å². The van der Waals surface area contributed by atoms with Crippen LogP contribution in [0.15, 0.2) is 17.3 Å². The van der Waals surface area contributed by atoms with Gasteiger partial charge >= 0.3 is 113 Å². The van der Waals surface area contributed by atoms with Crippen molar-refractivity contribution in [3.63, 3.8) is 0 Å². The molecular formula is C12H23AsN4. The molecule has 96 valence electrons. The zero-order valence-electron chi connectivity index (χ0n) is 11.0. The zero-order valence-corrected chi connectivity index (χ0v) is 13.4. The van der Waals surface area contributed by atoms with Crippen molar-refractivity contribution in [2.75, 3.05) is 33.2 Å². The molecule has 0 aromatic rings. The summed E-state index contributed by atoms with van der Waals surface area (Å²) in [6.07, 6.45) is 4.61. The summed E-state index contributed by atoms with van der Waals surface area (Å²) < 4.78 is 1.19. The Kier molecular flexibility index (Phi) is 4.29. The third-order valence-corrected chi connectivity index (χ3v) is 4.42. The summed E-state index contributed by atoms with van der Waals surface area (Å²) in [4.78, 5) is 11.8. The fourth-order valence-electron chi connectivity index (χ4n) is 2.45. The maximum atomic E-state index is 4.45. The molecule has 0 spiro atoms. The number of hydrogen-bond acceptors (Lipinski definition) is 4. The van der Waals surface area contributed by atoms with Gasteiger partial charge in [-0.1, -0.05) is 0 Å². The van der Waals surface area contributed by atoms with Crippen molar-refractivity contribution in [1.82, 2.24) is 14.7 Å². The Bertz CT molecular complexity index is 318. The Hall–Kier alpha value is -0.312. The van der Waals surface area contributed by atoms with Crippen LogP contribution in [0.2, 0.25) is 0 Å². The molecule has 0 amide bonds. The number of rotatable bonds is 2. The molecule has 2 heterocycles. The van der Waals surface area contributed by atoms with E-state index in [9.17, 15) is 0 Å². The first-order chi connectivity index (χ1) is 8.09. The van der Waals surface area contributed by atoms with E-state index in [1.165, 1.54) is 4.62 Å². The van der Waals surface area contributed by atoms with Gasteiger partial charge in [0.2, 0.25) is 0 Å². The number of hydrogen-bond donors (Lipinski definition) is 0. The Morgan fingerprint density at radius 2 is 1.94 bits per heavy atom. The van der Waals surface area contributed by atoms with Gasteiger partial charge in [-0.15, -0.1) is 0 Å².